The summed E-state index contributed by atoms with van der Waals surface area (Å²) < 4.78 is 0. The van der Waals surface area contributed by atoms with E-state index in [0.717, 1.165) is 0 Å². The highest BCUT2D eigenvalue weighted by atomic mass is 35.5. The Labute approximate surface area is 70.8 Å². The molecule has 0 heterocycles. The molecule has 0 aliphatic heterocycles. The zero-order valence-electron chi connectivity index (χ0n) is 5.99. The highest BCUT2D eigenvalue weighted by Gasteiger charge is 2.45. The van der Waals surface area contributed by atoms with Crippen molar-refractivity contribution in [3.63, 3.8) is 0 Å². The van der Waals surface area contributed by atoms with Gasteiger partial charge in [-0.1, -0.05) is 0 Å². The molecule has 0 spiro atoms. The molecule has 2 atom stereocenters. The second-order valence-electron chi connectivity index (χ2n) is 2.73. The van der Waals surface area contributed by atoms with Crippen LogP contribution in [0.15, 0.2) is 0 Å². The van der Waals surface area contributed by atoms with Crippen molar-refractivity contribution in [2.45, 2.75) is 30.9 Å². The van der Waals surface area contributed by atoms with Crippen molar-refractivity contribution in [3.05, 3.63) is 0 Å². The van der Waals surface area contributed by atoms with Crippen molar-refractivity contribution in [2.75, 3.05) is 0 Å². The van der Waals surface area contributed by atoms with Crippen LogP contribution in [0.2, 0.25) is 0 Å². The molecule has 0 bridgehead atoms. The minimum absolute atomic E-state index is 0. The predicted molar refractivity (Wildman–Crippen MR) is 41.7 cm³/mol. The lowest BCUT2D eigenvalue weighted by Gasteiger charge is -2.21. The quantitative estimate of drug-likeness (QED) is 0.520. The summed E-state index contributed by atoms with van der Waals surface area (Å²) >= 11 is 0. The van der Waals surface area contributed by atoms with E-state index in [4.69, 9.17) is 10.8 Å². The normalized spacial score (nSPS) is 36.4. The van der Waals surface area contributed by atoms with Crippen molar-refractivity contribution in [1.82, 2.24) is 0 Å². The maximum absolute atomic E-state index is 10.4. The first-order valence-electron chi connectivity index (χ1n) is 3.29. The Kier molecular flexibility index (Phi) is 3.29. The van der Waals surface area contributed by atoms with E-state index in [1.54, 1.807) is 0 Å². The molecular formula is C6H12ClNO3. The molecule has 0 saturated heterocycles. The number of carboxylic acids is 1. The van der Waals surface area contributed by atoms with Crippen molar-refractivity contribution in [1.29, 1.82) is 0 Å². The summed E-state index contributed by atoms with van der Waals surface area (Å²) in [7, 11) is 0. The van der Waals surface area contributed by atoms with Gasteiger partial charge in [0.25, 0.3) is 0 Å². The van der Waals surface area contributed by atoms with Crippen LogP contribution in [0, 0.1) is 0 Å². The van der Waals surface area contributed by atoms with E-state index in [0.29, 0.717) is 12.8 Å². The summed E-state index contributed by atoms with van der Waals surface area (Å²) in [6.07, 6.45) is 1.58. The highest BCUT2D eigenvalue weighted by Crippen LogP contribution is 2.28. The third kappa shape index (κ3) is 1.64. The molecule has 1 aliphatic carbocycles. The number of carbonyl (C=O) groups is 1. The number of nitrogens with two attached hydrogens (primary N) is 1. The second-order valence-corrected chi connectivity index (χ2v) is 2.73. The lowest BCUT2D eigenvalue weighted by atomic mass is 9.99. The zero-order valence-corrected chi connectivity index (χ0v) is 6.80. The first kappa shape index (κ1) is 10.7. The number of halogens is 1. The lowest BCUT2D eigenvalue weighted by Crippen LogP contribution is -2.49. The van der Waals surface area contributed by atoms with E-state index < -0.39 is 17.6 Å². The van der Waals surface area contributed by atoms with Crippen LogP contribution >= 0.6 is 12.4 Å². The molecule has 0 unspecified atom stereocenters. The lowest BCUT2D eigenvalue weighted by molar-refractivity contribution is -0.158. The smallest absolute Gasteiger partial charge is 0.337 e. The van der Waals surface area contributed by atoms with Crippen LogP contribution in [0.3, 0.4) is 0 Å². The molecule has 4 N–H and O–H groups in total. The Balaban J connectivity index is 0.000001000. The summed E-state index contributed by atoms with van der Waals surface area (Å²) in [5.41, 5.74) is 3.73. The number of aliphatic hydroxyl groups is 1. The van der Waals surface area contributed by atoms with Gasteiger partial charge in [0.2, 0.25) is 0 Å². The van der Waals surface area contributed by atoms with Gasteiger partial charge in [-0.15, -0.1) is 12.4 Å². The second kappa shape index (κ2) is 3.38. The van der Waals surface area contributed by atoms with E-state index >= 15 is 0 Å². The fourth-order valence-corrected chi connectivity index (χ4v) is 1.28. The standard InChI is InChI=1S/C6H11NO3.ClH/c7-4-2-1-3-6(4,10)5(8)9;/h4,10H,1-3,7H2,(H,8,9);1H/t4-,6+;/m1./s1. The van der Waals surface area contributed by atoms with Gasteiger partial charge in [0.05, 0.1) is 0 Å². The largest absolute Gasteiger partial charge is 0.479 e. The van der Waals surface area contributed by atoms with E-state index in [2.05, 4.69) is 0 Å². The molecule has 0 aromatic carbocycles. The predicted octanol–water partition coefficient (Wildman–Crippen LogP) is -0.265. The summed E-state index contributed by atoms with van der Waals surface area (Å²) in [6, 6.07) is -0.593. The van der Waals surface area contributed by atoms with Crippen LogP contribution in [-0.2, 0) is 4.79 Å². The topological polar surface area (TPSA) is 83.5 Å². The average Bonchev–Trinajstić information content (AvgIpc) is 2.15. The summed E-state index contributed by atoms with van der Waals surface area (Å²) in [5, 5.41) is 17.8. The molecule has 1 fully saturated rings. The van der Waals surface area contributed by atoms with Gasteiger partial charge in [-0.3, -0.25) is 0 Å². The SMILES string of the molecule is Cl.N[C@@H]1CCC[C@@]1(O)C(=O)O. The molecule has 0 amide bonds. The van der Waals surface area contributed by atoms with E-state index in [1.807, 2.05) is 0 Å². The minimum Gasteiger partial charge on any atom is -0.479 e. The first-order valence-corrected chi connectivity index (χ1v) is 3.29. The van der Waals surface area contributed by atoms with Gasteiger partial charge in [-0.2, -0.15) is 0 Å². The van der Waals surface area contributed by atoms with Crippen molar-refractivity contribution >= 4 is 18.4 Å². The Hall–Kier alpha value is -0.320. The van der Waals surface area contributed by atoms with Crippen LogP contribution in [0.25, 0.3) is 0 Å². The Morgan fingerprint density at radius 2 is 2.18 bits per heavy atom. The summed E-state index contributed by atoms with van der Waals surface area (Å²) in [4.78, 5) is 10.4. The van der Waals surface area contributed by atoms with Crippen LogP contribution in [-0.4, -0.2) is 27.8 Å². The fraction of sp³-hybridized carbons (Fsp3) is 0.833. The van der Waals surface area contributed by atoms with Gasteiger partial charge >= 0.3 is 5.97 Å². The molecule has 1 aliphatic rings. The van der Waals surface area contributed by atoms with Gasteiger partial charge in [-0.25, -0.2) is 4.79 Å². The molecule has 11 heavy (non-hydrogen) atoms. The average molecular weight is 182 g/mol. The first-order chi connectivity index (χ1) is 4.57. The fourth-order valence-electron chi connectivity index (χ4n) is 1.28. The van der Waals surface area contributed by atoms with Crippen LogP contribution in [0.1, 0.15) is 19.3 Å². The molecule has 0 aromatic heterocycles. The summed E-state index contributed by atoms with van der Waals surface area (Å²) in [6.45, 7) is 0. The summed E-state index contributed by atoms with van der Waals surface area (Å²) in [5.74, 6) is -1.20. The Morgan fingerprint density at radius 1 is 1.64 bits per heavy atom. The minimum atomic E-state index is -1.65. The number of aliphatic carboxylic acids is 1. The molecule has 0 radical (unpaired) electrons. The van der Waals surface area contributed by atoms with Gasteiger partial charge in [0.1, 0.15) is 0 Å². The molecule has 4 nitrogen and oxygen atoms in total. The number of hydrogen-bond acceptors (Lipinski definition) is 3. The van der Waals surface area contributed by atoms with Gasteiger partial charge < -0.3 is 15.9 Å². The van der Waals surface area contributed by atoms with Gasteiger partial charge in [0, 0.05) is 6.04 Å². The van der Waals surface area contributed by atoms with Crippen LogP contribution in [0.4, 0.5) is 0 Å². The zero-order chi connectivity index (χ0) is 7.78. The molecular weight excluding hydrogens is 170 g/mol. The monoisotopic (exact) mass is 181 g/mol. The third-order valence-electron chi connectivity index (χ3n) is 2.06. The number of hydrogen-bond donors (Lipinski definition) is 3. The Morgan fingerprint density at radius 3 is 2.36 bits per heavy atom. The number of carboxylic acid groups (broad SMARTS) is 1. The number of rotatable bonds is 1. The van der Waals surface area contributed by atoms with Crippen LogP contribution in [0.5, 0.6) is 0 Å². The molecule has 5 heteroatoms. The van der Waals surface area contributed by atoms with E-state index in [-0.39, 0.29) is 18.8 Å². The van der Waals surface area contributed by atoms with Crippen molar-refractivity contribution in [2.24, 2.45) is 5.73 Å². The van der Waals surface area contributed by atoms with E-state index in [1.165, 1.54) is 0 Å². The maximum Gasteiger partial charge on any atom is 0.337 e. The van der Waals surface area contributed by atoms with Crippen LogP contribution < -0.4 is 5.73 Å². The molecule has 1 saturated carbocycles. The van der Waals surface area contributed by atoms with Gasteiger partial charge in [0.15, 0.2) is 5.60 Å². The van der Waals surface area contributed by atoms with E-state index in [9.17, 15) is 9.90 Å². The third-order valence-corrected chi connectivity index (χ3v) is 2.06. The van der Waals surface area contributed by atoms with Crippen molar-refractivity contribution in [3.8, 4) is 0 Å². The van der Waals surface area contributed by atoms with Gasteiger partial charge in [-0.05, 0) is 19.3 Å². The maximum atomic E-state index is 10.4. The van der Waals surface area contributed by atoms with Crippen molar-refractivity contribution < 1.29 is 15.0 Å². The molecule has 1 rings (SSSR count). The highest BCUT2D eigenvalue weighted by molar-refractivity contribution is 5.85. The molecule has 66 valence electrons. The molecule has 0 aromatic rings. The Bertz CT molecular complexity index is 164.